The smallest absolute Gasteiger partial charge is 0.338 e. The van der Waals surface area contributed by atoms with Crippen molar-refractivity contribution >= 4 is 35.0 Å². The van der Waals surface area contributed by atoms with Gasteiger partial charge < -0.3 is 13.9 Å². The predicted molar refractivity (Wildman–Crippen MR) is 143 cm³/mol. The molecule has 0 fully saturated rings. The SMILES string of the molecule is CCOC(=O)C1=C(C)N=c2sc(=Cc3ccc(-c4cccc(Cl)c4)o3)c(=O)n2[C@H]1c1ccccc1OC. The van der Waals surface area contributed by atoms with Crippen molar-refractivity contribution in [3.05, 3.63) is 108 Å². The third kappa shape index (κ3) is 4.65. The van der Waals surface area contributed by atoms with E-state index in [1.807, 2.05) is 42.5 Å². The van der Waals surface area contributed by atoms with E-state index in [2.05, 4.69) is 4.99 Å². The number of carbonyl (C=O) groups is 1. The number of methoxy groups -OCH3 is 1. The zero-order valence-corrected chi connectivity index (χ0v) is 21.9. The predicted octanol–water partition coefficient (Wildman–Crippen LogP) is 4.72. The lowest BCUT2D eigenvalue weighted by molar-refractivity contribution is -0.139. The number of fused-ring (bicyclic) bond motifs is 1. The summed E-state index contributed by atoms with van der Waals surface area (Å²) in [5.41, 5.74) is 1.99. The molecule has 2 aromatic carbocycles. The first-order valence-electron chi connectivity index (χ1n) is 11.6. The summed E-state index contributed by atoms with van der Waals surface area (Å²) >= 11 is 7.34. The number of allylic oxidation sites excluding steroid dienone is 1. The van der Waals surface area contributed by atoms with Crippen molar-refractivity contribution in [2.45, 2.75) is 19.9 Å². The Hall–Kier alpha value is -3.88. The molecule has 37 heavy (non-hydrogen) atoms. The Labute approximate surface area is 221 Å². The Kier molecular flexibility index (Phi) is 6.86. The summed E-state index contributed by atoms with van der Waals surface area (Å²) in [5.74, 6) is 1.17. The Morgan fingerprint density at radius 3 is 2.76 bits per heavy atom. The second-order valence-electron chi connectivity index (χ2n) is 8.26. The normalized spacial score (nSPS) is 15.4. The van der Waals surface area contributed by atoms with Crippen LogP contribution in [0.1, 0.15) is 31.2 Å². The van der Waals surface area contributed by atoms with Crippen LogP contribution >= 0.6 is 22.9 Å². The number of carbonyl (C=O) groups excluding carboxylic acids is 1. The quantitative estimate of drug-likeness (QED) is 0.334. The first-order valence-corrected chi connectivity index (χ1v) is 12.8. The number of aromatic nitrogens is 1. The van der Waals surface area contributed by atoms with Crippen LogP contribution in [0, 0.1) is 0 Å². The number of ether oxygens (including phenoxy) is 2. The fraction of sp³-hybridized carbons (Fsp3) is 0.179. The van der Waals surface area contributed by atoms with E-state index < -0.39 is 12.0 Å². The van der Waals surface area contributed by atoms with Gasteiger partial charge in [-0.2, -0.15) is 0 Å². The number of hydrogen-bond acceptors (Lipinski definition) is 7. The Morgan fingerprint density at radius 2 is 2.00 bits per heavy atom. The van der Waals surface area contributed by atoms with Crippen LogP contribution in [0.25, 0.3) is 17.4 Å². The van der Waals surface area contributed by atoms with Gasteiger partial charge in [-0.1, -0.05) is 53.3 Å². The molecule has 0 bridgehead atoms. The number of esters is 1. The topological polar surface area (TPSA) is 83.0 Å². The highest BCUT2D eigenvalue weighted by Gasteiger charge is 2.34. The van der Waals surface area contributed by atoms with Crippen molar-refractivity contribution in [1.82, 2.24) is 4.57 Å². The second kappa shape index (κ2) is 10.2. The van der Waals surface area contributed by atoms with Crippen LogP contribution in [0.2, 0.25) is 5.02 Å². The van der Waals surface area contributed by atoms with Crippen LogP contribution < -0.4 is 19.6 Å². The number of benzene rings is 2. The molecular formula is C28H23ClN2O5S. The third-order valence-corrected chi connectivity index (χ3v) is 7.18. The molecule has 1 atom stereocenters. The molecule has 0 saturated heterocycles. The van der Waals surface area contributed by atoms with Crippen LogP contribution in [-0.2, 0) is 9.53 Å². The number of para-hydroxylation sites is 1. The lowest BCUT2D eigenvalue weighted by atomic mass is 9.95. The average Bonchev–Trinajstić information content (AvgIpc) is 3.48. The summed E-state index contributed by atoms with van der Waals surface area (Å²) in [7, 11) is 1.55. The Bertz CT molecular complexity index is 1710. The summed E-state index contributed by atoms with van der Waals surface area (Å²) in [4.78, 5) is 31.9. The van der Waals surface area contributed by atoms with Crippen LogP contribution in [0.5, 0.6) is 5.75 Å². The van der Waals surface area contributed by atoms with E-state index in [4.69, 9.17) is 25.5 Å². The first-order chi connectivity index (χ1) is 17.9. The molecule has 3 heterocycles. The van der Waals surface area contributed by atoms with Gasteiger partial charge >= 0.3 is 5.97 Å². The highest BCUT2D eigenvalue weighted by Crippen LogP contribution is 2.35. The highest BCUT2D eigenvalue weighted by atomic mass is 35.5. The lowest BCUT2D eigenvalue weighted by Gasteiger charge is -2.25. The minimum atomic E-state index is -0.757. The highest BCUT2D eigenvalue weighted by molar-refractivity contribution is 7.07. The van der Waals surface area contributed by atoms with E-state index in [9.17, 15) is 9.59 Å². The van der Waals surface area contributed by atoms with Crippen molar-refractivity contribution in [3.8, 4) is 17.1 Å². The maximum Gasteiger partial charge on any atom is 0.338 e. The van der Waals surface area contributed by atoms with Crippen LogP contribution in [0.4, 0.5) is 0 Å². The minimum absolute atomic E-state index is 0.201. The second-order valence-corrected chi connectivity index (χ2v) is 9.70. The molecule has 188 valence electrons. The van der Waals surface area contributed by atoms with Gasteiger partial charge in [0.1, 0.15) is 23.3 Å². The van der Waals surface area contributed by atoms with Crippen molar-refractivity contribution in [2.24, 2.45) is 4.99 Å². The molecule has 1 aliphatic heterocycles. The average molecular weight is 535 g/mol. The van der Waals surface area contributed by atoms with Gasteiger partial charge in [-0.3, -0.25) is 9.36 Å². The van der Waals surface area contributed by atoms with Gasteiger partial charge in [0.05, 0.1) is 29.5 Å². The monoisotopic (exact) mass is 534 g/mol. The van der Waals surface area contributed by atoms with E-state index in [0.717, 1.165) is 5.56 Å². The van der Waals surface area contributed by atoms with Gasteiger partial charge in [0.2, 0.25) is 0 Å². The fourth-order valence-electron chi connectivity index (χ4n) is 4.33. The third-order valence-electron chi connectivity index (χ3n) is 5.96. The maximum atomic E-state index is 13.8. The largest absolute Gasteiger partial charge is 0.496 e. The summed E-state index contributed by atoms with van der Waals surface area (Å²) < 4.78 is 18.9. The van der Waals surface area contributed by atoms with Gasteiger partial charge in [0, 0.05) is 22.2 Å². The van der Waals surface area contributed by atoms with E-state index >= 15 is 0 Å². The summed E-state index contributed by atoms with van der Waals surface area (Å²) in [6.07, 6.45) is 1.68. The van der Waals surface area contributed by atoms with Gasteiger partial charge in [-0.15, -0.1) is 0 Å². The molecule has 5 rings (SSSR count). The molecule has 0 spiro atoms. The molecule has 0 saturated carbocycles. The fourth-order valence-corrected chi connectivity index (χ4v) is 5.55. The van der Waals surface area contributed by atoms with Crippen molar-refractivity contribution < 1.29 is 18.7 Å². The van der Waals surface area contributed by atoms with E-state index in [1.165, 1.54) is 15.9 Å². The van der Waals surface area contributed by atoms with Gasteiger partial charge in [-0.05, 0) is 44.2 Å². The van der Waals surface area contributed by atoms with Crippen molar-refractivity contribution in [3.63, 3.8) is 0 Å². The van der Waals surface area contributed by atoms with Gasteiger partial charge in [0.25, 0.3) is 5.56 Å². The van der Waals surface area contributed by atoms with Gasteiger partial charge in [0.15, 0.2) is 4.80 Å². The molecular weight excluding hydrogens is 512 g/mol. The number of nitrogens with zero attached hydrogens (tertiary/aromatic N) is 2. The lowest BCUT2D eigenvalue weighted by Crippen LogP contribution is -2.40. The molecule has 0 N–H and O–H groups in total. The molecule has 1 aliphatic rings. The van der Waals surface area contributed by atoms with Crippen molar-refractivity contribution in [1.29, 1.82) is 0 Å². The molecule has 9 heteroatoms. The number of rotatable bonds is 6. The van der Waals surface area contributed by atoms with Crippen LogP contribution in [0.3, 0.4) is 0 Å². The molecule has 7 nitrogen and oxygen atoms in total. The van der Waals surface area contributed by atoms with E-state index in [0.29, 0.717) is 48.5 Å². The summed E-state index contributed by atoms with van der Waals surface area (Å²) in [5, 5.41) is 0.605. The zero-order chi connectivity index (χ0) is 26.1. The van der Waals surface area contributed by atoms with Crippen molar-refractivity contribution in [2.75, 3.05) is 13.7 Å². The van der Waals surface area contributed by atoms with E-state index in [-0.39, 0.29) is 12.2 Å². The summed E-state index contributed by atoms with van der Waals surface area (Å²) in [6, 6.07) is 17.5. The van der Waals surface area contributed by atoms with E-state index in [1.54, 1.807) is 45.2 Å². The van der Waals surface area contributed by atoms with Crippen LogP contribution in [-0.4, -0.2) is 24.3 Å². The molecule has 0 amide bonds. The maximum absolute atomic E-state index is 13.8. The summed E-state index contributed by atoms with van der Waals surface area (Å²) in [6.45, 7) is 3.68. The molecule has 4 aromatic rings. The van der Waals surface area contributed by atoms with Crippen LogP contribution in [0.15, 0.2) is 86.1 Å². The minimum Gasteiger partial charge on any atom is -0.496 e. The zero-order valence-electron chi connectivity index (χ0n) is 20.4. The number of hydrogen-bond donors (Lipinski definition) is 0. The Balaban J connectivity index is 1.67. The molecule has 0 radical (unpaired) electrons. The first kappa shape index (κ1) is 24.8. The standard InChI is InChI=1S/C28H23ClN2O5S/c1-4-35-27(33)24-16(2)30-28-31(25(24)20-10-5-6-11-22(20)34-3)26(32)23(37-28)15-19-12-13-21(36-19)17-8-7-9-18(29)14-17/h5-15,25H,4H2,1-3H3/t25-/m0/s1. The number of furan rings is 1. The molecule has 0 aliphatic carbocycles. The number of thiazole rings is 1. The van der Waals surface area contributed by atoms with Gasteiger partial charge in [-0.25, -0.2) is 9.79 Å². The Morgan fingerprint density at radius 1 is 1.19 bits per heavy atom. The number of halogens is 1. The molecule has 0 unspecified atom stereocenters. The molecule has 2 aromatic heterocycles.